The van der Waals surface area contributed by atoms with E-state index in [1.807, 2.05) is 11.8 Å². The fourth-order valence-corrected chi connectivity index (χ4v) is 2.54. The summed E-state index contributed by atoms with van der Waals surface area (Å²) < 4.78 is 1.76. The third kappa shape index (κ3) is 4.59. The molecule has 0 aliphatic carbocycles. The summed E-state index contributed by atoms with van der Waals surface area (Å²) in [6.45, 7) is 4.31. The van der Waals surface area contributed by atoms with Crippen LogP contribution in [0.1, 0.15) is 20.3 Å². The van der Waals surface area contributed by atoms with E-state index in [0.717, 1.165) is 17.9 Å². The highest BCUT2D eigenvalue weighted by molar-refractivity contribution is 7.99. The van der Waals surface area contributed by atoms with Crippen molar-refractivity contribution in [3.05, 3.63) is 18.7 Å². The van der Waals surface area contributed by atoms with Crippen LogP contribution in [0.3, 0.4) is 0 Å². The highest BCUT2D eigenvalue weighted by Gasteiger charge is 2.09. The second-order valence-electron chi connectivity index (χ2n) is 4.53. The summed E-state index contributed by atoms with van der Waals surface area (Å²) in [7, 11) is 1.79. The van der Waals surface area contributed by atoms with Gasteiger partial charge in [0, 0.05) is 25.5 Å². The molecule has 2 aromatic heterocycles. The Labute approximate surface area is 129 Å². The maximum atomic E-state index is 4.43. The van der Waals surface area contributed by atoms with Gasteiger partial charge in [-0.15, -0.1) is 0 Å². The molecule has 1 unspecified atom stereocenters. The zero-order valence-electron chi connectivity index (χ0n) is 12.6. The average molecular weight is 307 g/mol. The third-order valence-corrected chi connectivity index (χ3v) is 3.79. The lowest BCUT2D eigenvalue weighted by molar-refractivity contribution is 0.754. The van der Waals surface area contributed by atoms with Crippen LogP contribution in [0, 0.1) is 0 Å². The molecule has 8 heteroatoms. The Morgan fingerprint density at radius 3 is 2.76 bits per heavy atom. The Bertz CT molecular complexity index is 543. The van der Waals surface area contributed by atoms with Gasteiger partial charge in [0.1, 0.15) is 6.33 Å². The van der Waals surface area contributed by atoms with Crippen molar-refractivity contribution in [1.29, 1.82) is 0 Å². The van der Waals surface area contributed by atoms with Crippen LogP contribution in [-0.4, -0.2) is 49.1 Å². The number of imidazole rings is 1. The van der Waals surface area contributed by atoms with Crippen LogP contribution in [0.25, 0.3) is 5.95 Å². The van der Waals surface area contributed by atoms with Crippen molar-refractivity contribution in [3.8, 4) is 5.95 Å². The summed E-state index contributed by atoms with van der Waals surface area (Å²) in [5.41, 5.74) is 0. The predicted octanol–water partition coefficient (Wildman–Crippen LogP) is 2.04. The highest BCUT2D eigenvalue weighted by atomic mass is 32.2. The maximum absolute atomic E-state index is 4.43. The third-order valence-electron chi connectivity index (χ3n) is 2.86. The smallest absolute Gasteiger partial charge is 0.241 e. The van der Waals surface area contributed by atoms with Gasteiger partial charge in [0.05, 0.1) is 0 Å². The molecule has 2 heterocycles. The molecule has 114 valence electrons. The van der Waals surface area contributed by atoms with Gasteiger partial charge in [-0.25, -0.2) is 4.98 Å². The van der Waals surface area contributed by atoms with Crippen molar-refractivity contribution in [1.82, 2.24) is 24.5 Å². The molecule has 0 bridgehead atoms. The fraction of sp³-hybridized carbons (Fsp3) is 0.538. The Kier molecular flexibility index (Phi) is 5.79. The van der Waals surface area contributed by atoms with E-state index in [2.05, 4.69) is 44.4 Å². The normalized spacial score (nSPS) is 12.1. The zero-order chi connectivity index (χ0) is 15.1. The van der Waals surface area contributed by atoms with E-state index in [-0.39, 0.29) is 0 Å². The van der Waals surface area contributed by atoms with Crippen molar-refractivity contribution < 1.29 is 0 Å². The summed E-state index contributed by atoms with van der Waals surface area (Å²) in [6.07, 6.45) is 6.24. The van der Waals surface area contributed by atoms with Crippen LogP contribution in [0.2, 0.25) is 0 Å². The first kappa shape index (κ1) is 15.6. The number of hydrogen-bond donors (Lipinski definition) is 2. The molecule has 0 saturated carbocycles. The van der Waals surface area contributed by atoms with Crippen LogP contribution in [0.4, 0.5) is 11.9 Å². The van der Waals surface area contributed by atoms with Gasteiger partial charge in [-0.3, -0.25) is 4.57 Å². The number of anilines is 2. The van der Waals surface area contributed by atoms with E-state index < -0.39 is 0 Å². The summed E-state index contributed by atoms with van der Waals surface area (Å²) in [5.74, 6) is 3.93. The Morgan fingerprint density at radius 1 is 1.29 bits per heavy atom. The molecule has 0 amide bonds. The van der Waals surface area contributed by atoms with Crippen LogP contribution in [0.15, 0.2) is 18.7 Å². The van der Waals surface area contributed by atoms with E-state index in [0.29, 0.717) is 23.9 Å². The lowest BCUT2D eigenvalue weighted by Gasteiger charge is -2.14. The summed E-state index contributed by atoms with van der Waals surface area (Å²) in [6, 6.07) is 0.312. The van der Waals surface area contributed by atoms with Crippen molar-refractivity contribution in [2.24, 2.45) is 0 Å². The van der Waals surface area contributed by atoms with Crippen molar-refractivity contribution >= 4 is 23.7 Å². The molecule has 7 nitrogen and oxygen atoms in total. The van der Waals surface area contributed by atoms with E-state index in [1.165, 1.54) is 0 Å². The SMILES string of the molecule is CCSCCC(C)Nc1nc(NC)nc(-n2ccnc2)n1. The molecule has 2 N–H and O–H groups in total. The molecule has 1 atom stereocenters. The zero-order valence-corrected chi connectivity index (χ0v) is 13.4. The van der Waals surface area contributed by atoms with Crippen molar-refractivity contribution in [3.63, 3.8) is 0 Å². The lowest BCUT2D eigenvalue weighted by atomic mass is 10.3. The Morgan fingerprint density at radius 2 is 2.10 bits per heavy atom. The fourth-order valence-electron chi connectivity index (χ4n) is 1.73. The van der Waals surface area contributed by atoms with Gasteiger partial charge in [-0.2, -0.15) is 26.7 Å². The van der Waals surface area contributed by atoms with Gasteiger partial charge >= 0.3 is 0 Å². The first-order valence-electron chi connectivity index (χ1n) is 6.99. The first-order chi connectivity index (χ1) is 10.2. The van der Waals surface area contributed by atoms with E-state index in [4.69, 9.17) is 0 Å². The Hall–Kier alpha value is -1.83. The molecular weight excluding hydrogens is 286 g/mol. The minimum Gasteiger partial charge on any atom is -0.357 e. The molecule has 0 radical (unpaired) electrons. The minimum atomic E-state index is 0.312. The van der Waals surface area contributed by atoms with E-state index in [1.54, 1.807) is 30.3 Å². The predicted molar refractivity (Wildman–Crippen MR) is 87.2 cm³/mol. The minimum absolute atomic E-state index is 0.312. The van der Waals surface area contributed by atoms with Gasteiger partial charge in [0.2, 0.25) is 17.8 Å². The largest absolute Gasteiger partial charge is 0.357 e. The number of nitrogens with zero attached hydrogens (tertiary/aromatic N) is 5. The van der Waals surface area contributed by atoms with Crippen LogP contribution >= 0.6 is 11.8 Å². The molecule has 2 rings (SSSR count). The van der Waals surface area contributed by atoms with E-state index >= 15 is 0 Å². The second kappa shape index (κ2) is 7.82. The first-order valence-corrected chi connectivity index (χ1v) is 8.14. The second-order valence-corrected chi connectivity index (χ2v) is 5.93. The monoisotopic (exact) mass is 307 g/mol. The van der Waals surface area contributed by atoms with Crippen molar-refractivity contribution in [2.75, 3.05) is 29.2 Å². The summed E-state index contributed by atoms with van der Waals surface area (Å²) >= 11 is 1.94. The lowest BCUT2D eigenvalue weighted by Crippen LogP contribution is -2.19. The summed E-state index contributed by atoms with van der Waals surface area (Å²) in [4.78, 5) is 17.1. The number of aromatic nitrogens is 5. The Balaban J connectivity index is 2.10. The van der Waals surface area contributed by atoms with Crippen molar-refractivity contribution in [2.45, 2.75) is 26.3 Å². The molecule has 21 heavy (non-hydrogen) atoms. The van der Waals surface area contributed by atoms with Gasteiger partial charge in [-0.1, -0.05) is 6.92 Å². The van der Waals surface area contributed by atoms with E-state index in [9.17, 15) is 0 Å². The topological polar surface area (TPSA) is 80.5 Å². The molecule has 0 fully saturated rings. The van der Waals surface area contributed by atoms with Crippen LogP contribution in [-0.2, 0) is 0 Å². The number of hydrogen-bond acceptors (Lipinski definition) is 7. The standard InChI is InChI=1S/C13H21N7S/c1-4-21-8-5-10(2)16-12-17-11(14-3)18-13(19-12)20-7-6-15-9-20/h6-7,9-10H,4-5,8H2,1-3H3,(H2,14,16,17,18,19). The van der Waals surface area contributed by atoms with Gasteiger partial charge in [-0.05, 0) is 24.9 Å². The van der Waals surface area contributed by atoms with Gasteiger partial charge in [0.25, 0.3) is 0 Å². The van der Waals surface area contributed by atoms with Gasteiger partial charge in [0.15, 0.2) is 0 Å². The highest BCUT2D eigenvalue weighted by Crippen LogP contribution is 2.12. The molecular formula is C13H21N7S. The molecule has 0 spiro atoms. The maximum Gasteiger partial charge on any atom is 0.241 e. The van der Waals surface area contributed by atoms with Crippen LogP contribution in [0.5, 0.6) is 0 Å². The molecule has 0 aliphatic heterocycles. The number of nitrogens with one attached hydrogen (secondary N) is 2. The quantitative estimate of drug-likeness (QED) is 0.722. The molecule has 0 aromatic carbocycles. The van der Waals surface area contributed by atoms with Gasteiger partial charge < -0.3 is 10.6 Å². The number of thioether (sulfide) groups is 1. The number of rotatable bonds is 8. The van der Waals surface area contributed by atoms with Crippen LogP contribution < -0.4 is 10.6 Å². The molecule has 0 aliphatic rings. The average Bonchev–Trinajstić information content (AvgIpc) is 3.01. The molecule has 0 saturated heterocycles. The summed E-state index contributed by atoms with van der Waals surface area (Å²) in [5, 5.41) is 6.28. The molecule has 2 aromatic rings.